The zero-order valence-electron chi connectivity index (χ0n) is 14.8. The fourth-order valence-electron chi connectivity index (χ4n) is 2.12. The number of nitrogens with one attached hydrogen (secondary N) is 1. The van der Waals surface area contributed by atoms with E-state index in [1.807, 2.05) is 27.7 Å². The molecule has 0 aliphatic heterocycles. The molecule has 7 nitrogen and oxygen atoms in total. The van der Waals surface area contributed by atoms with Crippen molar-refractivity contribution in [2.24, 2.45) is 5.14 Å². The van der Waals surface area contributed by atoms with E-state index in [4.69, 9.17) is 9.56 Å². The molecule has 3 N–H and O–H groups in total. The second-order valence-electron chi connectivity index (χ2n) is 6.92. The van der Waals surface area contributed by atoms with E-state index in [0.29, 0.717) is 17.3 Å². The minimum absolute atomic E-state index is 0.0366. The van der Waals surface area contributed by atoms with Gasteiger partial charge in [0, 0.05) is 12.0 Å². The molecule has 2 rings (SSSR count). The summed E-state index contributed by atoms with van der Waals surface area (Å²) in [5, 5.41) is 7.82. The van der Waals surface area contributed by atoms with Crippen LogP contribution in [0.15, 0.2) is 33.6 Å². The maximum atomic E-state index is 12.1. The van der Waals surface area contributed by atoms with Crippen molar-refractivity contribution in [1.82, 2.24) is 10.3 Å². The first-order valence-corrected chi connectivity index (χ1v) is 9.36. The molecule has 0 fully saturated rings. The number of nitrogens with two attached hydrogens (primary N) is 1. The molecule has 1 heterocycles. The van der Waals surface area contributed by atoms with E-state index in [2.05, 4.69) is 10.3 Å². The first-order chi connectivity index (χ1) is 11.5. The normalized spacial score (nSPS) is 12.2. The van der Waals surface area contributed by atoms with Crippen LogP contribution in [-0.4, -0.2) is 19.3 Å². The summed E-state index contributed by atoms with van der Waals surface area (Å²) in [5.41, 5.74) is 1.26. The Kier molecular flexibility index (Phi) is 5.34. The van der Waals surface area contributed by atoms with Crippen LogP contribution >= 0.6 is 0 Å². The zero-order valence-corrected chi connectivity index (χ0v) is 15.6. The number of nitrogens with zero attached hydrogens (tertiary/aromatic N) is 1. The first-order valence-electron chi connectivity index (χ1n) is 7.82. The van der Waals surface area contributed by atoms with Gasteiger partial charge in [-0.05, 0) is 24.6 Å². The predicted octanol–water partition coefficient (Wildman–Crippen LogP) is 1.79. The number of carbonyl (C=O) groups is 1. The third kappa shape index (κ3) is 5.14. The van der Waals surface area contributed by atoms with Crippen LogP contribution in [-0.2, 0) is 33.2 Å². The molecule has 0 saturated carbocycles. The third-order valence-electron chi connectivity index (χ3n) is 3.60. The van der Waals surface area contributed by atoms with Crippen molar-refractivity contribution in [2.45, 2.75) is 51.0 Å². The lowest BCUT2D eigenvalue weighted by molar-refractivity contribution is -0.120. The largest absolute Gasteiger partial charge is 0.444 e. The molecule has 0 radical (unpaired) electrons. The van der Waals surface area contributed by atoms with Gasteiger partial charge >= 0.3 is 0 Å². The fourth-order valence-corrected chi connectivity index (χ4v) is 2.63. The van der Waals surface area contributed by atoms with Gasteiger partial charge in [-0.2, -0.15) is 0 Å². The molecule has 8 heteroatoms. The molecular formula is C17H23N3O4S. The summed E-state index contributed by atoms with van der Waals surface area (Å²) in [6, 6.07) is 6.04. The summed E-state index contributed by atoms with van der Waals surface area (Å²) in [4.78, 5) is 16.5. The highest BCUT2D eigenvalue weighted by Gasteiger charge is 2.23. The minimum Gasteiger partial charge on any atom is -0.444 e. The zero-order chi connectivity index (χ0) is 18.8. The van der Waals surface area contributed by atoms with Crippen LogP contribution in [0.1, 0.15) is 43.7 Å². The molecule has 1 aromatic heterocycles. The number of hydrogen-bond donors (Lipinski definition) is 2. The number of aromatic nitrogens is 1. The maximum Gasteiger partial charge on any atom is 0.238 e. The van der Waals surface area contributed by atoms with Crippen molar-refractivity contribution in [3.63, 3.8) is 0 Å². The number of amides is 1. The number of rotatable bonds is 5. The molecule has 0 aliphatic rings. The van der Waals surface area contributed by atoms with E-state index < -0.39 is 10.0 Å². The number of primary sulfonamides is 1. The van der Waals surface area contributed by atoms with Crippen LogP contribution in [0.3, 0.4) is 0 Å². The molecule has 0 saturated heterocycles. The molecule has 136 valence electrons. The van der Waals surface area contributed by atoms with E-state index in [0.717, 1.165) is 5.56 Å². The highest BCUT2D eigenvalue weighted by atomic mass is 32.2. The van der Waals surface area contributed by atoms with Gasteiger partial charge in [0.15, 0.2) is 5.89 Å². The van der Waals surface area contributed by atoms with Crippen molar-refractivity contribution in [3.05, 3.63) is 47.2 Å². The molecule has 25 heavy (non-hydrogen) atoms. The number of hydrogen-bond acceptors (Lipinski definition) is 5. The second-order valence-corrected chi connectivity index (χ2v) is 8.48. The van der Waals surface area contributed by atoms with Crippen LogP contribution in [0.4, 0.5) is 0 Å². The number of benzene rings is 1. The van der Waals surface area contributed by atoms with E-state index in [9.17, 15) is 13.2 Å². The van der Waals surface area contributed by atoms with Gasteiger partial charge in [0.25, 0.3) is 0 Å². The van der Waals surface area contributed by atoms with Crippen LogP contribution in [0.25, 0.3) is 0 Å². The summed E-state index contributed by atoms with van der Waals surface area (Å²) in [7, 11) is -3.71. The molecule has 0 atom stereocenters. The predicted molar refractivity (Wildman–Crippen MR) is 93.3 cm³/mol. The average Bonchev–Trinajstić information content (AvgIpc) is 2.86. The van der Waals surface area contributed by atoms with Gasteiger partial charge in [-0.3, -0.25) is 4.79 Å². The Morgan fingerprint density at radius 2 is 1.84 bits per heavy atom. The Bertz CT molecular complexity index is 862. The lowest BCUT2D eigenvalue weighted by Crippen LogP contribution is -2.24. The maximum absolute atomic E-state index is 12.1. The highest BCUT2D eigenvalue weighted by Crippen LogP contribution is 2.24. The Morgan fingerprint density at radius 1 is 1.24 bits per heavy atom. The lowest BCUT2D eigenvalue weighted by atomic mass is 9.97. The van der Waals surface area contributed by atoms with Gasteiger partial charge in [-0.15, -0.1) is 0 Å². The number of carbonyl (C=O) groups excluding carboxylic acids is 1. The van der Waals surface area contributed by atoms with Crippen molar-refractivity contribution < 1.29 is 17.6 Å². The summed E-state index contributed by atoms with van der Waals surface area (Å²) < 4.78 is 28.1. The van der Waals surface area contributed by atoms with E-state index >= 15 is 0 Å². The van der Waals surface area contributed by atoms with Crippen LogP contribution in [0, 0.1) is 6.92 Å². The van der Waals surface area contributed by atoms with Crippen molar-refractivity contribution in [3.8, 4) is 0 Å². The summed E-state index contributed by atoms with van der Waals surface area (Å²) >= 11 is 0. The van der Waals surface area contributed by atoms with Gasteiger partial charge < -0.3 is 9.73 Å². The van der Waals surface area contributed by atoms with Crippen LogP contribution in [0.2, 0.25) is 0 Å². The summed E-state index contributed by atoms with van der Waals surface area (Å²) in [5.74, 6) is 0.952. The summed E-state index contributed by atoms with van der Waals surface area (Å²) in [6.45, 7) is 8.07. The molecule has 0 bridgehead atoms. The van der Waals surface area contributed by atoms with Gasteiger partial charge in [0.05, 0.1) is 17.0 Å². The molecule has 0 aliphatic carbocycles. The fraction of sp³-hybridized carbons (Fsp3) is 0.412. The molecule has 0 spiro atoms. The molecule has 1 aromatic carbocycles. The van der Waals surface area contributed by atoms with Crippen LogP contribution in [0.5, 0.6) is 0 Å². The third-order valence-corrected chi connectivity index (χ3v) is 4.53. The SMILES string of the molecule is Cc1nc(C(C)(C)C)oc1CC(=O)NCc1ccc(S(N)(=O)=O)cc1. The van der Waals surface area contributed by atoms with E-state index in [1.54, 1.807) is 12.1 Å². The van der Waals surface area contributed by atoms with Gasteiger partial charge in [-0.1, -0.05) is 32.9 Å². The van der Waals surface area contributed by atoms with E-state index in [1.165, 1.54) is 12.1 Å². The van der Waals surface area contributed by atoms with Crippen molar-refractivity contribution in [2.75, 3.05) is 0 Å². The molecular weight excluding hydrogens is 342 g/mol. The van der Waals surface area contributed by atoms with Gasteiger partial charge in [0.1, 0.15) is 5.76 Å². The highest BCUT2D eigenvalue weighted by molar-refractivity contribution is 7.89. The van der Waals surface area contributed by atoms with Gasteiger partial charge in [0.2, 0.25) is 15.9 Å². The van der Waals surface area contributed by atoms with Crippen molar-refractivity contribution in [1.29, 1.82) is 0 Å². The Hall–Kier alpha value is -2.19. The molecule has 2 aromatic rings. The second kappa shape index (κ2) is 6.97. The molecule has 1 amide bonds. The monoisotopic (exact) mass is 365 g/mol. The average molecular weight is 365 g/mol. The molecule has 0 unspecified atom stereocenters. The van der Waals surface area contributed by atoms with Gasteiger partial charge in [-0.25, -0.2) is 18.5 Å². The topological polar surface area (TPSA) is 115 Å². The summed E-state index contributed by atoms with van der Waals surface area (Å²) in [6.07, 6.45) is 0.101. The smallest absolute Gasteiger partial charge is 0.238 e. The number of aryl methyl sites for hydroxylation is 1. The quantitative estimate of drug-likeness (QED) is 0.838. The van der Waals surface area contributed by atoms with E-state index in [-0.39, 0.29) is 29.2 Å². The standard InChI is InChI=1S/C17H23N3O4S/c1-11-14(24-16(20-11)17(2,3)4)9-15(21)19-10-12-5-7-13(8-6-12)25(18,22)23/h5-8H,9-10H2,1-4H3,(H,19,21)(H2,18,22,23). The van der Waals surface area contributed by atoms with Crippen molar-refractivity contribution >= 4 is 15.9 Å². The minimum atomic E-state index is -3.71. The Morgan fingerprint density at radius 3 is 2.32 bits per heavy atom. The number of sulfonamides is 1. The number of oxazole rings is 1. The Labute approximate surface area is 147 Å². The first kappa shape index (κ1) is 19.1. The van der Waals surface area contributed by atoms with Crippen LogP contribution < -0.4 is 10.5 Å². The Balaban J connectivity index is 1.96. The lowest BCUT2D eigenvalue weighted by Gasteiger charge is -2.12.